The van der Waals surface area contributed by atoms with Crippen LogP contribution in [0.5, 0.6) is 5.75 Å². The van der Waals surface area contributed by atoms with E-state index in [4.69, 9.17) is 4.74 Å². The van der Waals surface area contributed by atoms with Crippen LogP contribution in [0.1, 0.15) is 20.3 Å². The largest absolute Gasteiger partial charge is 0.489 e. The number of likely N-dealkylation sites (tertiary alicyclic amines) is 1. The summed E-state index contributed by atoms with van der Waals surface area (Å²) in [5, 5.41) is 10.6. The molecule has 0 spiro atoms. The van der Waals surface area contributed by atoms with Gasteiger partial charge >= 0.3 is 0 Å². The fourth-order valence-corrected chi connectivity index (χ4v) is 2.44. The zero-order chi connectivity index (χ0) is 16.8. The minimum absolute atomic E-state index is 0.0773. The Morgan fingerprint density at radius 2 is 2.09 bits per heavy atom. The molecule has 5 heteroatoms. The highest BCUT2D eigenvalue weighted by Crippen LogP contribution is 2.23. The lowest BCUT2D eigenvalue weighted by Gasteiger charge is -2.19. The summed E-state index contributed by atoms with van der Waals surface area (Å²) in [7, 11) is 0. The molecule has 0 saturated carbocycles. The minimum atomic E-state index is -0.409. The van der Waals surface area contributed by atoms with Gasteiger partial charge in [0.1, 0.15) is 11.9 Å². The van der Waals surface area contributed by atoms with Crippen molar-refractivity contribution in [3.05, 3.63) is 70.5 Å². The topological polar surface area (TPSA) is 55.6 Å². The van der Waals surface area contributed by atoms with Crippen LogP contribution in [-0.2, 0) is 0 Å². The molecular weight excluding hydrogens is 292 g/mol. The lowest BCUT2D eigenvalue weighted by Crippen LogP contribution is -2.23. The molecule has 1 aliphatic rings. The Bertz CT molecular complexity index is 632. The predicted octanol–water partition coefficient (Wildman–Crippen LogP) is 4.08. The van der Waals surface area contributed by atoms with Crippen LogP contribution in [0.25, 0.3) is 0 Å². The van der Waals surface area contributed by atoms with E-state index in [2.05, 4.69) is 24.5 Å². The highest BCUT2D eigenvalue weighted by atomic mass is 16.6. The minimum Gasteiger partial charge on any atom is -0.489 e. The van der Waals surface area contributed by atoms with Gasteiger partial charge in [-0.05, 0) is 32.1 Å². The van der Waals surface area contributed by atoms with E-state index in [0.717, 1.165) is 25.1 Å². The number of nitro benzene ring substituents is 1. The van der Waals surface area contributed by atoms with Crippen molar-refractivity contribution in [3.8, 4) is 5.75 Å². The van der Waals surface area contributed by atoms with Crippen molar-refractivity contribution in [1.82, 2.24) is 4.90 Å². The molecule has 0 aliphatic carbocycles. The van der Waals surface area contributed by atoms with E-state index in [1.807, 2.05) is 19.1 Å². The highest BCUT2D eigenvalue weighted by molar-refractivity contribution is 5.36. The van der Waals surface area contributed by atoms with Gasteiger partial charge in [-0.25, -0.2) is 0 Å². The van der Waals surface area contributed by atoms with Crippen LogP contribution in [0.15, 0.2) is 60.3 Å². The SMILES string of the molecule is C=C(C)/C=C\C=C(/C)N1CCC(Oc2ccc([N+](=O)[O-])cc2)C1. The lowest BCUT2D eigenvalue weighted by molar-refractivity contribution is -0.384. The first-order chi connectivity index (χ1) is 11.0. The third-order valence-electron chi connectivity index (χ3n) is 3.71. The van der Waals surface area contributed by atoms with Crippen LogP contribution >= 0.6 is 0 Å². The van der Waals surface area contributed by atoms with Crippen molar-refractivity contribution >= 4 is 5.69 Å². The number of nitrogens with zero attached hydrogens (tertiary/aromatic N) is 2. The van der Waals surface area contributed by atoms with E-state index in [1.165, 1.54) is 17.8 Å². The van der Waals surface area contributed by atoms with Crippen LogP contribution in [0.3, 0.4) is 0 Å². The van der Waals surface area contributed by atoms with Crippen LogP contribution in [-0.4, -0.2) is 29.0 Å². The van der Waals surface area contributed by atoms with Crippen LogP contribution in [0.2, 0.25) is 0 Å². The number of ether oxygens (including phenoxy) is 1. The van der Waals surface area contributed by atoms with Crippen LogP contribution in [0, 0.1) is 10.1 Å². The van der Waals surface area contributed by atoms with Crippen LogP contribution in [0.4, 0.5) is 5.69 Å². The molecule has 1 heterocycles. The fraction of sp³-hybridized carbons (Fsp3) is 0.333. The summed E-state index contributed by atoms with van der Waals surface area (Å²) < 4.78 is 5.91. The van der Waals surface area contributed by atoms with Crippen molar-refractivity contribution in [3.63, 3.8) is 0 Å². The van der Waals surface area contributed by atoms with Gasteiger partial charge in [-0.1, -0.05) is 24.3 Å². The zero-order valence-corrected chi connectivity index (χ0v) is 13.6. The molecule has 5 nitrogen and oxygen atoms in total. The second kappa shape index (κ2) is 7.63. The monoisotopic (exact) mass is 314 g/mol. The third-order valence-corrected chi connectivity index (χ3v) is 3.71. The molecule has 0 aromatic heterocycles. The smallest absolute Gasteiger partial charge is 0.269 e. The number of non-ortho nitro benzene ring substituents is 1. The fourth-order valence-electron chi connectivity index (χ4n) is 2.44. The second-order valence-corrected chi connectivity index (χ2v) is 5.74. The van der Waals surface area contributed by atoms with Gasteiger partial charge in [0.25, 0.3) is 5.69 Å². The first-order valence-electron chi connectivity index (χ1n) is 7.62. The Hall–Kier alpha value is -2.56. The van der Waals surface area contributed by atoms with E-state index in [1.54, 1.807) is 12.1 Å². The molecule has 1 fully saturated rings. The molecule has 1 aromatic carbocycles. The molecule has 1 aliphatic heterocycles. The maximum Gasteiger partial charge on any atom is 0.269 e. The molecule has 1 saturated heterocycles. The maximum atomic E-state index is 10.6. The van der Waals surface area contributed by atoms with Crippen molar-refractivity contribution in [2.24, 2.45) is 0 Å². The number of hydrogen-bond acceptors (Lipinski definition) is 4. The molecule has 0 N–H and O–H groups in total. The zero-order valence-electron chi connectivity index (χ0n) is 13.6. The average molecular weight is 314 g/mol. The van der Waals surface area contributed by atoms with Gasteiger partial charge in [-0.15, -0.1) is 0 Å². The van der Waals surface area contributed by atoms with Gasteiger partial charge in [-0.3, -0.25) is 10.1 Å². The first-order valence-corrected chi connectivity index (χ1v) is 7.62. The molecule has 122 valence electrons. The Balaban J connectivity index is 1.90. The number of rotatable bonds is 6. The summed E-state index contributed by atoms with van der Waals surface area (Å²) in [5.74, 6) is 0.672. The molecule has 0 amide bonds. The van der Waals surface area contributed by atoms with Crippen molar-refractivity contribution in [2.45, 2.75) is 26.4 Å². The molecule has 0 radical (unpaired) electrons. The first kappa shape index (κ1) is 16.8. The quantitative estimate of drug-likeness (QED) is 0.451. The molecular formula is C18H22N2O3. The van der Waals surface area contributed by atoms with Gasteiger partial charge in [0.15, 0.2) is 0 Å². The third kappa shape index (κ3) is 4.98. The number of allylic oxidation sites excluding steroid dienone is 5. The van der Waals surface area contributed by atoms with Crippen molar-refractivity contribution < 1.29 is 9.66 Å². The van der Waals surface area contributed by atoms with Gasteiger partial charge in [0, 0.05) is 30.8 Å². The van der Waals surface area contributed by atoms with E-state index >= 15 is 0 Å². The lowest BCUT2D eigenvalue weighted by atomic mass is 10.3. The van der Waals surface area contributed by atoms with Crippen LogP contribution < -0.4 is 4.74 Å². The van der Waals surface area contributed by atoms with E-state index in [9.17, 15) is 10.1 Å². The van der Waals surface area contributed by atoms with E-state index in [0.29, 0.717) is 5.75 Å². The highest BCUT2D eigenvalue weighted by Gasteiger charge is 2.24. The normalized spacial score (nSPS) is 18.4. The number of benzene rings is 1. The molecule has 1 aromatic rings. The summed E-state index contributed by atoms with van der Waals surface area (Å²) >= 11 is 0. The molecule has 23 heavy (non-hydrogen) atoms. The predicted molar refractivity (Wildman–Crippen MR) is 91.4 cm³/mol. The average Bonchev–Trinajstić information content (AvgIpc) is 2.96. The van der Waals surface area contributed by atoms with E-state index in [-0.39, 0.29) is 11.8 Å². The summed E-state index contributed by atoms with van der Waals surface area (Å²) in [6.07, 6.45) is 7.09. The van der Waals surface area contributed by atoms with Crippen molar-refractivity contribution in [2.75, 3.05) is 13.1 Å². The Morgan fingerprint density at radius 1 is 1.39 bits per heavy atom. The number of nitro groups is 1. The van der Waals surface area contributed by atoms with Crippen molar-refractivity contribution in [1.29, 1.82) is 0 Å². The summed E-state index contributed by atoms with van der Waals surface area (Å²) in [4.78, 5) is 12.5. The maximum absolute atomic E-state index is 10.6. The number of hydrogen-bond donors (Lipinski definition) is 0. The molecule has 0 bridgehead atoms. The second-order valence-electron chi connectivity index (χ2n) is 5.74. The molecule has 1 atom stereocenters. The summed E-state index contributed by atoms with van der Waals surface area (Å²) in [6, 6.07) is 6.24. The molecule has 1 unspecified atom stereocenters. The van der Waals surface area contributed by atoms with Gasteiger partial charge in [-0.2, -0.15) is 0 Å². The Kier molecular flexibility index (Phi) is 5.57. The Labute approximate surface area is 136 Å². The van der Waals surface area contributed by atoms with E-state index < -0.39 is 4.92 Å². The van der Waals surface area contributed by atoms with Gasteiger partial charge in [0.2, 0.25) is 0 Å². The standard InChI is InChI=1S/C18H22N2O3/c1-14(2)5-4-6-15(3)19-12-11-18(13-19)23-17-9-7-16(8-10-17)20(21)22/h4-10,18H,1,11-13H2,2-3H3/b5-4-,15-6+. The molecule has 2 rings (SSSR count). The van der Waals surface area contributed by atoms with Gasteiger partial charge in [0.05, 0.1) is 11.5 Å². The Morgan fingerprint density at radius 3 is 2.70 bits per heavy atom. The summed E-state index contributed by atoms with van der Waals surface area (Å²) in [5.41, 5.74) is 2.29. The van der Waals surface area contributed by atoms with Gasteiger partial charge < -0.3 is 9.64 Å². The summed E-state index contributed by atoms with van der Waals surface area (Å²) in [6.45, 7) is 9.64.